The molecule has 1 saturated heterocycles. The molecule has 4 rings (SSSR count). The summed E-state index contributed by atoms with van der Waals surface area (Å²) in [6, 6.07) is 1.96. The Morgan fingerprint density at radius 2 is 2.35 bits per heavy atom. The van der Waals surface area contributed by atoms with E-state index in [1.807, 2.05) is 9.58 Å². The summed E-state index contributed by atoms with van der Waals surface area (Å²) >= 11 is 0. The van der Waals surface area contributed by atoms with Crippen molar-refractivity contribution in [1.82, 2.24) is 39.2 Å². The summed E-state index contributed by atoms with van der Waals surface area (Å²) in [5.74, 6) is 1.04. The van der Waals surface area contributed by atoms with Crippen LogP contribution in [0.2, 0.25) is 0 Å². The van der Waals surface area contributed by atoms with Gasteiger partial charge in [0.25, 0.3) is 5.78 Å². The van der Waals surface area contributed by atoms with E-state index in [1.54, 1.807) is 29.3 Å². The minimum absolute atomic E-state index is 0.0331. The van der Waals surface area contributed by atoms with Crippen molar-refractivity contribution in [2.45, 2.75) is 25.3 Å². The Morgan fingerprint density at radius 1 is 1.39 bits per heavy atom. The van der Waals surface area contributed by atoms with Gasteiger partial charge in [-0.3, -0.25) is 4.79 Å². The van der Waals surface area contributed by atoms with Crippen molar-refractivity contribution in [1.29, 1.82) is 0 Å². The summed E-state index contributed by atoms with van der Waals surface area (Å²) in [6.07, 6.45) is 8.80. The van der Waals surface area contributed by atoms with Crippen LogP contribution in [0.3, 0.4) is 0 Å². The fourth-order valence-corrected chi connectivity index (χ4v) is 2.90. The van der Waals surface area contributed by atoms with Gasteiger partial charge in [0.05, 0.1) is 12.5 Å². The zero-order chi connectivity index (χ0) is 15.6. The number of carbonyl (C=O) groups excluding carboxylic acids is 1. The van der Waals surface area contributed by atoms with Crippen LogP contribution in [-0.4, -0.2) is 58.2 Å². The molecule has 1 atom stereocenters. The number of hydrogen-bond donors (Lipinski definition) is 0. The van der Waals surface area contributed by atoms with Crippen LogP contribution in [0.15, 0.2) is 31.1 Å². The first-order valence-corrected chi connectivity index (χ1v) is 7.58. The van der Waals surface area contributed by atoms with E-state index in [1.165, 1.54) is 6.33 Å². The lowest BCUT2D eigenvalue weighted by Crippen LogP contribution is -2.41. The molecule has 4 heterocycles. The van der Waals surface area contributed by atoms with Crippen LogP contribution in [0, 0.1) is 0 Å². The van der Waals surface area contributed by atoms with Crippen molar-refractivity contribution in [2.75, 3.05) is 13.1 Å². The third-order valence-electron chi connectivity index (χ3n) is 4.03. The highest BCUT2D eigenvalue weighted by atomic mass is 16.2. The largest absolute Gasteiger partial charge is 0.340 e. The molecule has 0 radical (unpaired) electrons. The highest BCUT2D eigenvalue weighted by Gasteiger charge is 2.26. The lowest BCUT2D eigenvalue weighted by molar-refractivity contribution is -0.132. The summed E-state index contributed by atoms with van der Waals surface area (Å²) < 4.78 is 3.41. The highest BCUT2D eigenvalue weighted by Crippen LogP contribution is 2.20. The predicted octanol–water partition coefficient (Wildman–Crippen LogP) is 0.122. The van der Waals surface area contributed by atoms with Crippen molar-refractivity contribution < 1.29 is 4.79 Å². The van der Waals surface area contributed by atoms with Crippen molar-refractivity contribution in [3.63, 3.8) is 0 Å². The summed E-state index contributed by atoms with van der Waals surface area (Å²) in [4.78, 5) is 26.8. The van der Waals surface area contributed by atoms with E-state index in [0.717, 1.165) is 19.4 Å². The fourth-order valence-electron chi connectivity index (χ4n) is 2.90. The van der Waals surface area contributed by atoms with E-state index in [0.29, 0.717) is 18.1 Å². The Hall–Kier alpha value is -2.84. The van der Waals surface area contributed by atoms with Gasteiger partial charge < -0.3 is 4.90 Å². The first-order valence-electron chi connectivity index (χ1n) is 7.58. The maximum atomic E-state index is 12.5. The average molecular weight is 312 g/mol. The topological polar surface area (TPSA) is 94.1 Å². The molecule has 1 aliphatic rings. The standard InChI is InChI=1S/C14H16N8O/c23-13(7-12-18-14-16-4-2-6-21(14)19-12)20-5-1-3-11(8-20)22-10-15-9-17-22/h2,4,6,9-11H,1,3,5,7-8H2. The normalized spacial score (nSPS) is 18.4. The predicted molar refractivity (Wildman–Crippen MR) is 79.4 cm³/mol. The Bertz CT molecular complexity index is 778. The van der Waals surface area contributed by atoms with Gasteiger partial charge in [0, 0.05) is 25.5 Å². The van der Waals surface area contributed by atoms with E-state index in [2.05, 4.69) is 25.1 Å². The van der Waals surface area contributed by atoms with E-state index in [-0.39, 0.29) is 18.4 Å². The minimum atomic E-state index is 0.0331. The van der Waals surface area contributed by atoms with Crippen LogP contribution in [0.5, 0.6) is 0 Å². The maximum Gasteiger partial charge on any atom is 0.252 e. The third kappa shape index (κ3) is 2.77. The summed E-state index contributed by atoms with van der Waals surface area (Å²) in [6.45, 7) is 1.41. The quantitative estimate of drug-likeness (QED) is 0.682. The second-order valence-corrected chi connectivity index (χ2v) is 5.58. The first kappa shape index (κ1) is 13.8. The molecule has 9 nitrogen and oxygen atoms in total. The van der Waals surface area contributed by atoms with Crippen molar-refractivity contribution in [3.8, 4) is 0 Å². The zero-order valence-electron chi connectivity index (χ0n) is 12.5. The Morgan fingerprint density at radius 3 is 3.17 bits per heavy atom. The van der Waals surface area contributed by atoms with Gasteiger partial charge in [-0.05, 0) is 18.9 Å². The molecule has 23 heavy (non-hydrogen) atoms. The molecule has 0 bridgehead atoms. The van der Waals surface area contributed by atoms with E-state index in [9.17, 15) is 4.79 Å². The Balaban J connectivity index is 1.45. The van der Waals surface area contributed by atoms with E-state index >= 15 is 0 Å². The number of hydrogen-bond acceptors (Lipinski definition) is 6. The highest BCUT2D eigenvalue weighted by molar-refractivity contribution is 5.78. The van der Waals surface area contributed by atoms with E-state index < -0.39 is 0 Å². The van der Waals surface area contributed by atoms with Gasteiger partial charge in [-0.15, -0.1) is 5.10 Å². The lowest BCUT2D eigenvalue weighted by Gasteiger charge is -2.32. The monoisotopic (exact) mass is 312 g/mol. The number of piperidine rings is 1. The van der Waals surface area contributed by atoms with Crippen LogP contribution in [0.25, 0.3) is 5.78 Å². The Labute approximate surface area is 132 Å². The average Bonchev–Trinajstić information content (AvgIpc) is 3.24. The number of nitrogens with zero attached hydrogens (tertiary/aromatic N) is 8. The number of rotatable bonds is 3. The number of aromatic nitrogens is 7. The van der Waals surface area contributed by atoms with Gasteiger partial charge >= 0.3 is 0 Å². The minimum Gasteiger partial charge on any atom is -0.340 e. The molecule has 1 unspecified atom stereocenters. The van der Waals surface area contributed by atoms with Crippen LogP contribution < -0.4 is 0 Å². The van der Waals surface area contributed by atoms with Gasteiger partial charge in [-0.2, -0.15) is 10.1 Å². The summed E-state index contributed by atoms with van der Waals surface area (Å²) in [5.41, 5.74) is 0. The number of carbonyl (C=O) groups is 1. The number of likely N-dealkylation sites (tertiary alicyclic amines) is 1. The molecule has 118 valence electrons. The molecule has 1 fully saturated rings. The fraction of sp³-hybridized carbons (Fsp3) is 0.429. The molecule has 1 aliphatic heterocycles. The smallest absolute Gasteiger partial charge is 0.252 e. The van der Waals surface area contributed by atoms with Gasteiger partial charge in [0.1, 0.15) is 12.7 Å². The van der Waals surface area contributed by atoms with Crippen LogP contribution in [0.1, 0.15) is 24.7 Å². The molecular formula is C14H16N8O. The van der Waals surface area contributed by atoms with Crippen LogP contribution in [0.4, 0.5) is 0 Å². The van der Waals surface area contributed by atoms with Crippen LogP contribution in [-0.2, 0) is 11.2 Å². The first-order chi connectivity index (χ1) is 11.3. The Kier molecular flexibility index (Phi) is 3.45. The molecule has 0 aromatic carbocycles. The number of fused-ring (bicyclic) bond motifs is 1. The van der Waals surface area contributed by atoms with Crippen molar-refractivity contribution in [2.24, 2.45) is 0 Å². The van der Waals surface area contributed by atoms with Gasteiger partial charge in [-0.1, -0.05) is 0 Å². The molecule has 3 aromatic rings. The van der Waals surface area contributed by atoms with Crippen LogP contribution >= 0.6 is 0 Å². The zero-order valence-corrected chi connectivity index (χ0v) is 12.5. The SMILES string of the molecule is O=C(Cc1nc2ncccn2n1)N1CCCC(n2cncn2)C1. The molecule has 0 saturated carbocycles. The molecule has 1 amide bonds. The molecule has 0 aliphatic carbocycles. The molecular weight excluding hydrogens is 296 g/mol. The maximum absolute atomic E-state index is 12.5. The van der Waals surface area contributed by atoms with Gasteiger partial charge in [0.15, 0.2) is 5.82 Å². The van der Waals surface area contributed by atoms with Gasteiger partial charge in [0.2, 0.25) is 5.91 Å². The van der Waals surface area contributed by atoms with Crippen molar-refractivity contribution >= 4 is 11.7 Å². The molecule has 3 aromatic heterocycles. The summed E-state index contributed by atoms with van der Waals surface area (Å²) in [7, 11) is 0. The molecule has 0 spiro atoms. The molecule has 9 heteroatoms. The third-order valence-corrected chi connectivity index (χ3v) is 4.03. The van der Waals surface area contributed by atoms with E-state index in [4.69, 9.17) is 0 Å². The lowest BCUT2D eigenvalue weighted by atomic mass is 10.1. The summed E-state index contributed by atoms with van der Waals surface area (Å²) in [5, 5.41) is 8.46. The second-order valence-electron chi connectivity index (χ2n) is 5.58. The van der Waals surface area contributed by atoms with Gasteiger partial charge in [-0.25, -0.2) is 19.2 Å². The molecule has 0 N–H and O–H groups in total. The van der Waals surface area contributed by atoms with Crippen molar-refractivity contribution in [3.05, 3.63) is 36.9 Å². The second kappa shape index (κ2) is 5.75. The number of amides is 1.